The standard InChI is InChI=1S/C9H13N3O3/c1-7-2-5-12(15)8(6-7)10-3-4-11-9(13)14/h2,5-6,10-11H,3-4H2,1H3,(H,13,14). The van der Waals surface area contributed by atoms with Crippen molar-refractivity contribution in [3.8, 4) is 0 Å². The molecule has 82 valence electrons. The van der Waals surface area contributed by atoms with Crippen molar-refractivity contribution in [2.24, 2.45) is 0 Å². The number of rotatable bonds is 4. The first-order valence-electron chi connectivity index (χ1n) is 4.50. The van der Waals surface area contributed by atoms with Crippen LogP contribution in [-0.4, -0.2) is 24.3 Å². The highest BCUT2D eigenvalue weighted by Crippen LogP contribution is 2.02. The molecule has 0 atom stereocenters. The fourth-order valence-electron chi connectivity index (χ4n) is 1.08. The SMILES string of the molecule is Cc1cc[n+]([O-])c(NCCNC(=O)O)c1. The van der Waals surface area contributed by atoms with Gasteiger partial charge >= 0.3 is 6.09 Å². The Morgan fingerprint density at radius 2 is 2.33 bits per heavy atom. The first-order valence-corrected chi connectivity index (χ1v) is 4.50. The third kappa shape index (κ3) is 3.72. The van der Waals surface area contributed by atoms with Gasteiger partial charge in [0.1, 0.15) is 6.54 Å². The Bertz CT molecular complexity index is 354. The van der Waals surface area contributed by atoms with Crippen molar-refractivity contribution >= 4 is 11.9 Å². The Morgan fingerprint density at radius 3 is 3.00 bits per heavy atom. The van der Waals surface area contributed by atoms with Crippen LogP contribution in [0, 0.1) is 12.1 Å². The Labute approximate surface area is 87.1 Å². The number of amides is 1. The number of hydrogen-bond donors (Lipinski definition) is 3. The van der Waals surface area contributed by atoms with Gasteiger partial charge in [-0.25, -0.2) is 9.52 Å². The molecule has 1 rings (SSSR count). The van der Waals surface area contributed by atoms with Crippen molar-refractivity contribution in [2.45, 2.75) is 6.92 Å². The molecule has 0 aliphatic rings. The van der Waals surface area contributed by atoms with E-state index in [0.29, 0.717) is 17.1 Å². The molecule has 0 saturated carbocycles. The van der Waals surface area contributed by atoms with Crippen LogP contribution in [0.3, 0.4) is 0 Å². The molecule has 1 heterocycles. The van der Waals surface area contributed by atoms with E-state index in [2.05, 4.69) is 10.6 Å². The normalized spacial score (nSPS) is 9.67. The second kappa shape index (κ2) is 5.04. The van der Waals surface area contributed by atoms with E-state index in [1.807, 2.05) is 6.92 Å². The first kappa shape index (κ1) is 11.1. The van der Waals surface area contributed by atoms with E-state index in [1.165, 1.54) is 6.20 Å². The topological polar surface area (TPSA) is 88.3 Å². The van der Waals surface area contributed by atoms with E-state index in [4.69, 9.17) is 5.11 Å². The maximum Gasteiger partial charge on any atom is 0.404 e. The third-order valence-corrected chi connectivity index (χ3v) is 1.78. The molecule has 3 N–H and O–H groups in total. The predicted molar refractivity (Wildman–Crippen MR) is 54.7 cm³/mol. The Morgan fingerprint density at radius 1 is 1.60 bits per heavy atom. The average molecular weight is 211 g/mol. The molecule has 0 radical (unpaired) electrons. The van der Waals surface area contributed by atoms with Gasteiger partial charge in [0.15, 0.2) is 0 Å². The van der Waals surface area contributed by atoms with Crippen LogP contribution in [0.2, 0.25) is 0 Å². The van der Waals surface area contributed by atoms with Crippen LogP contribution >= 0.6 is 0 Å². The van der Waals surface area contributed by atoms with Crippen molar-refractivity contribution in [1.29, 1.82) is 0 Å². The van der Waals surface area contributed by atoms with Gasteiger partial charge in [0, 0.05) is 6.07 Å². The number of aromatic nitrogens is 1. The lowest BCUT2D eigenvalue weighted by Crippen LogP contribution is -2.33. The van der Waals surface area contributed by atoms with Gasteiger partial charge in [-0.05, 0) is 18.6 Å². The summed E-state index contributed by atoms with van der Waals surface area (Å²) in [5, 5.41) is 24.5. The van der Waals surface area contributed by atoms with E-state index in [1.54, 1.807) is 12.1 Å². The zero-order chi connectivity index (χ0) is 11.3. The zero-order valence-corrected chi connectivity index (χ0v) is 8.36. The Hall–Kier alpha value is -1.98. The molecule has 6 heteroatoms. The van der Waals surface area contributed by atoms with Crippen molar-refractivity contribution in [3.05, 3.63) is 29.1 Å². The number of anilines is 1. The molecule has 15 heavy (non-hydrogen) atoms. The van der Waals surface area contributed by atoms with Gasteiger partial charge in [0.25, 0.3) is 5.82 Å². The molecule has 0 aliphatic heterocycles. The number of carbonyl (C=O) groups is 1. The maximum absolute atomic E-state index is 11.2. The number of pyridine rings is 1. The van der Waals surface area contributed by atoms with Gasteiger partial charge in [-0.15, -0.1) is 0 Å². The van der Waals surface area contributed by atoms with Crippen molar-refractivity contribution in [1.82, 2.24) is 5.32 Å². The Balaban J connectivity index is 2.43. The van der Waals surface area contributed by atoms with Gasteiger partial charge in [-0.1, -0.05) is 0 Å². The summed E-state index contributed by atoms with van der Waals surface area (Å²) in [4.78, 5) is 10.1. The monoisotopic (exact) mass is 211 g/mol. The van der Waals surface area contributed by atoms with Crippen LogP contribution in [-0.2, 0) is 0 Å². The first-order chi connectivity index (χ1) is 7.09. The lowest BCUT2D eigenvalue weighted by atomic mass is 10.3. The second-order valence-electron chi connectivity index (χ2n) is 3.07. The summed E-state index contributed by atoms with van der Waals surface area (Å²) in [6, 6.07) is 3.40. The van der Waals surface area contributed by atoms with Gasteiger partial charge in [0.05, 0.1) is 12.7 Å². The molecular formula is C9H13N3O3. The Kier molecular flexibility index (Phi) is 3.73. The van der Waals surface area contributed by atoms with E-state index in [9.17, 15) is 10.0 Å². The molecule has 1 aromatic rings. The molecule has 0 aliphatic carbocycles. The minimum absolute atomic E-state index is 0.253. The smallest absolute Gasteiger partial charge is 0.404 e. The molecule has 1 amide bonds. The van der Waals surface area contributed by atoms with Crippen LogP contribution in [0.15, 0.2) is 18.3 Å². The lowest BCUT2D eigenvalue weighted by Gasteiger charge is -2.08. The zero-order valence-electron chi connectivity index (χ0n) is 8.36. The molecular weight excluding hydrogens is 198 g/mol. The minimum Gasteiger partial charge on any atom is -0.711 e. The average Bonchev–Trinajstić information content (AvgIpc) is 2.17. The van der Waals surface area contributed by atoms with Crippen LogP contribution in [0.4, 0.5) is 10.6 Å². The van der Waals surface area contributed by atoms with Crippen molar-refractivity contribution in [3.63, 3.8) is 0 Å². The summed E-state index contributed by atoms with van der Waals surface area (Å²) in [6.07, 6.45) is 0.332. The molecule has 0 bridgehead atoms. The van der Waals surface area contributed by atoms with Crippen LogP contribution in [0.1, 0.15) is 5.56 Å². The summed E-state index contributed by atoms with van der Waals surface area (Å²) >= 11 is 0. The number of aryl methyl sites for hydroxylation is 1. The summed E-state index contributed by atoms with van der Waals surface area (Å²) in [5.41, 5.74) is 0.968. The fourth-order valence-corrected chi connectivity index (χ4v) is 1.08. The van der Waals surface area contributed by atoms with E-state index >= 15 is 0 Å². The highest BCUT2D eigenvalue weighted by atomic mass is 16.5. The fraction of sp³-hybridized carbons (Fsp3) is 0.333. The van der Waals surface area contributed by atoms with Gasteiger partial charge in [0.2, 0.25) is 0 Å². The number of nitrogens with zero attached hydrogens (tertiary/aromatic N) is 1. The summed E-state index contributed by atoms with van der Waals surface area (Å²) in [7, 11) is 0. The second-order valence-corrected chi connectivity index (χ2v) is 3.07. The van der Waals surface area contributed by atoms with Crippen LogP contribution in [0.25, 0.3) is 0 Å². The summed E-state index contributed by atoms with van der Waals surface area (Å²) < 4.78 is 0.702. The van der Waals surface area contributed by atoms with E-state index < -0.39 is 6.09 Å². The van der Waals surface area contributed by atoms with Crippen LogP contribution in [0.5, 0.6) is 0 Å². The van der Waals surface area contributed by atoms with Gasteiger partial charge < -0.3 is 15.6 Å². The van der Waals surface area contributed by atoms with E-state index in [-0.39, 0.29) is 6.54 Å². The van der Waals surface area contributed by atoms with Crippen LogP contribution < -0.4 is 15.4 Å². The summed E-state index contributed by atoms with van der Waals surface area (Å²) in [5.74, 6) is 0.419. The molecule has 0 fully saturated rings. The lowest BCUT2D eigenvalue weighted by molar-refractivity contribution is -0.590. The van der Waals surface area contributed by atoms with Crippen molar-refractivity contribution in [2.75, 3.05) is 18.4 Å². The van der Waals surface area contributed by atoms with Gasteiger partial charge in [-0.2, -0.15) is 0 Å². The van der Waals surface area contributed by atoms with Gasteiger partial charge in [-0.3, -0.25) is 5.32 Å². The molecule has 0 spiro atoms. The highest BCUT2D eigenvalue weighted by molar-refractivity contribution is 5.64. The third-order valence-electron chi connectivity index (χ3n) is 1.78. The molecule has 0 unspecified atom stereocenters. The quantitative estimate of drug-likeness (QED) is 0.380. The number of nitrogens with one attached hydrogen (secondary N) is 2. The molecule has 6 nitrogen and oxygen atoms in total. The van der Waals surface area contributed by atoms with Crippen molar-refractivity contribution < 1.29 is 14.6 Å². The summed E-state index contributed by atoms with van der Waals surface area (Å²) in [6.45, 7) is 2.50. The maximum atomic E-state index is 11.2. The minimum atomic E-state index is -1.07. The largest absolute Gasteiger partial charge is 0.711 e. The highest BCUT2D eigenvalue weighted by Gasteiger charge is 2.03. The molecule has 1 aromatic heterocycles. The predicted octanol–water partition coefficient (Wildman–Crippen LogP) is 0.308. The number of hydrogen-bond acceptors (Lipinski definition) is 3. The van der Waals surface area contributed by atoms with E-state index in [0.717, 1.165) is 5.56 Å². The molecule has 0 saturated heterocycles. The molecule has 0 aromatic carbocycles. The number of carboxylic acid groups (broad SMARTS) is 1.